The van der Waals surface area contributed by atoms with Crippen molar-refractivity contribution in [3.63, 3.8) is 0 Å². The zero-order chi connectivity index (χ0) is 20.1. The molecule has 2 heterocycles. The van der Waals surface area contributed by atoms with Crippen LogP contribution in [-0.4, -0.2) is 41.2 Å². The molecule has 0 saturated carbocycles. The Morgan fingerprint density at radius 2 is 2.11 bits per heavy atom. The molecule has 1 fully saturated rings. The summed E-state index contributed by atoms with van der Waals surface area (Å²) < 4.78 is 11.7. The first kappa shape index (κ1) is 20.1. The number of nitrogens with zero attached hydrogens (tertiary/aromatic N) is 2. The fraction of sp³-hybridized carbons (Fsp3) is 0.455. The first-order valence-corrected chi connectivity index (χ1v) is 9.79. The number of pyridine rings is 1. The number of urea groups is 1. The topological polar surface area (TPSA) is 63.7 Å². The van der Waals surface area contributed by atoms with E-state index in [-0.39, 0.29) is 18.2 Å². The van der Waals surface area contributed by atoms with Crippen LogP contribution in [0.2, 0.25) is 0 Å². The van der Waals surface area contributed by atoms with Gasteiger partial charge < -0.3 is 19.7 Å². The summed E-state index contributed by atoms with van der Waals surface area (Å²) >= 11 is 0. The summed E-state index contributed by atoms with van der Waals surface area (Å²) in [6.07, 6.45) is 2.77. The lowest BCUT2D eigenvalue weighted by Gasteiger charge is -2.22. The standard InChI is InChI=1S/C22H29N3O3/c1-15-6-5-7-20(18(15)4)28-21-12-19(8-10-23-21)13-24-22(26)25-11-9-16(2)27-17(3)14-25/h5-8,10,12,16-17H,9,11,13-14H2,1-4H3,(H,24,26)/t16-,17+/m1/s1. The van der Waals surface area contributed by atoms with Gasteiger partial charge in [0.1, 0.15) is 5.75 Å². The summed E-state index contributed by atoms with van der Waals surface area (Å²) in [5.41, 5.74) is 3.21. The van der Waals surface area contributed by atoms with Gasteiger partial charge in [-0.3, -0.25) is 0 Å². The van der Waals surface area contributed by atoms with E-state index in [1.807, 2.05) is 49.9 Å². The molecule has 28 heavy (non-hydrogen) atoms. The Morgan fingerprint density at radius 1 is 1.29 bits per heavy atom. The highest BCUT2D eigenvalue weighted by atomic mass is 16.5. The molecule has 6 nitrogen and oxygen atoms in total. The summed E-state index contributed by atoms with van der Waals surface area (Å²) in [6, 6.07) is 9.62. The predicted octanol–water partition coefficient (Wildman–Crippen LogP) is 4.20. The van der Waals surface area contributed by atoms with Crippen molar-refractivity contribution in [2.45, 2.75) is 52.9 Å². The molecule has 0 spiro atoms. The second-order valence-corrected chi connectivity index (χ2v) is 7.45. The van der Waals surface area contributed by atoms with Crippen molar-refractivity contribution < 1.29 is 14.3 Å². The number of carbonyl (C=O) groups is 1. The smallest absolute Gasteiger partial charge is 0.317 e. The van der Waals surface area contributed by atoms with Gasteiger partial charge in [0.2, 0.25) is 5.88 Å². The van der Waals surface area contributed by atoms with Crippen LogP contribution in [0.5, 0.6) is 11.6 Å². The maximum absolute atomic E-state index is 12.5. The van der Waals surface area contributed by atoms with E-state index in [0.29, 0.717) is 25.5 Å². The third kappa shape index (κ3) is 5.23. The maximum Gasteiger partial charge on any atom is 0.317 e. The van der Waals surface area contributed by atoms with Crippen LogP contribution in [0.3, 0.4) is 0 Å². The largest absolute Gasteiger partial charge is 0.439 e. The normalized spacial score (nSPS) is 19.8. The second kappa shape index (κ2) is 9.06. The molecule has 2 atom stereocenters. The summed E-state index contributed by atoms with van der Waals surface area (Å²) in [4.78, 5) is 18.7. The van der Waals surface area contributed by atoms with E-state index in [1.54, 1.807) is 6.20 Å². The van der Waals surface area contributed by atoms with Crippen molar-refractivity contribution in [2.24, 2.45) is 0 Å². The number of hydrogen-bond donors (Lipinski definition) is 1. The fourth-order valence-electron chi connectivity index (χ4n) is 3.28. The third-order valence-corrected chi connectivity index (χ3v) is 5.05. The zero-order valence-corrected chi connectivity index (χ0v) is 17.1. The summed E-state index contributed by atoms with van der Waals surface area (Å²) in [5, 5.41) is 2.99. The molecular formula is C22H29N3O3. The Balaban J connectivity index is 1.60. The van der Waals surface area contributed by atoms with E-state index >= 15 is 0 Å². The van der Waals surface area contributed by atoms with E-state index in [1.165, 1.54) is 5.56 Å². The number of aryl methyl sites for hydroxylation is 1. The number of amides is 2. The van der Waals surface area contributed by atoms with Crippen molar-refractivity contribution in [2.75, 3.05) is 13.1 Å². The maximum atomic E-state index is 12.5. The summed E-state index contributed by atoms with van der Waals surface area (Å²) in [6.45, 7) is 9.86. The summed E-state index contributed by atoms with van der Waals surface area (Å²) in [5.74, 6) is 1.31. The minimum atomic E-state index is -0.0710. The molecule has 1 aromatic heterocycles. The van der Waals surface area contributed by atoms with E-state index < -0.39 is 0 Å². The molecule has 1 saturated heterocycles. The average Bonchev–Trinajstić information content (AvgIpc) is 2.84. The van der Waals surface area contributed by atoms with Crippen LogP contribution in [-0.2, 0) is 11.3 Å². The third-order valence-electron chi connectivity index (χ3n) is 5.05. The first-order chi connectivity index (χ1) is 13.4. The molecule has 1 aliphatic rings. The predicted molar refractivity (Wildman–Crippen MR) is 109 cm³/mol. The lowest BCUT2D eigenvalue weighted by Crippen LogP contribution is -2.42. The molecule has 2 aromatic rings. The minimum Gasteiger partial charge on any atom is -0.439 e. The average molecular weight is 383 g/mol. The molecule has 150 valence electrons. The number of hydrogen-bond acceptors (Lipinski definition) is 4. The molecule has 1 aliphatic heterocycles. The Kier molecular flexibility index (Phi) is 6.52. The Labute approximate surface area is 166 Å². The van der Waals surface area contributed by atoms with Crippen LogP contribution in [0, 0.1) is 13.8 Å². The molecule has 1 aromatic carbocycles. The van der Waals surface area contributed by atoms with Crippen LogP contribution in [0.1, 0.15) is 37.0 Å². The van der Waals surface area contributed by atoms with Gasteiger partial charge in [-0.15, -0.1) is 0 Å². The van der Waals surface area contributed by atoms with Gasteiger partial charge in [0, 0.05) is 31.9 Å². The first-order valence-electron chi connectivity index (χ1n) is 9.79. The van der Waals surface area contributed by atoms with Crippen molar-refractivity contribution in [1.29, 1.82) is 0 Å². The molecule has 0 aliphatic carbocycles. The SMILES string of the molecule is Cc1cccc(Oc2cc(CNC(=O)N3CC[C@@H](C)O[C@@H](C)C3)ccn2)c1C. The lowest BCUT2D eigenvalue weighted by atomic mass is 10.1. The quantitative estimate of drug-likeness (QED) is 0.859. The van der Waals surface area contributed by atoms with Gasteiger partial charge in [0.05, 0.1) is 12.2 Å². The highest BCUT2D eigenvalue weighted by molar-refractivity contribution is 5.74. The molecule has 3 rings (SSSR count). The molecular weight excluding hydrogens is 354 g/mol. The Morgan fingerprint density at radius 3 is 2.93 bits per heavy atom. The second-order valence-electron chi connectivity index (χ2n) is 7.45. The van der Waals surface area contributed by atoms with Gasteiger partial charge >= 0.3 is 6.03 Å². The number of carbonyl (C=O) groups excluding carboxylic acids is 1. The molecule has 1 N–H and O–H groups in total. The highest BCUT2D eigenvalue weighted by Crippen LogP contribution is 2.26. The monoisotopic (exact) mass is 383 g/mol. The summed E-state index contributed by atoms with van der Waals surface area (Å²) in [7, 11) is 0. The van der Waals surface area contributed by atoms with Gasteiger partial charge in [-0.1, -0.05) is 12.1 Å². The lowest BCUT2D eigenvalue weighted by molar-refractivity contribution is 0.0160. The van der Waals surface area contributed by atoms with Crippen LogP contribution in [0.15, 0.2) is 36.5 Å². The van der Waals surface area contributed by atoms with E-state index in [4.69, 9.17) is 9.47 Å². The molecule has 6 heteroatoms. The molecule has 0 radical (unpaired) electrons. The van der Waals surface area contributed by atoms with E-state index in [2.05, 4.69) is 23.3 Å². The number of benzene rings is 1. The van der Waals surface area contributed by atoms with E-state index in [9.17, 15) is 4.79 Å². The molecule has 0 unspecified atom stereocenters. The molecule has 0 bridgehead atoms. The van der Waals surface area contributed by atoms with Crippen molar-refractivity contribution in [3.8, 4) is 11.6 Å². The van der Waals surface area contributed by atoms with Gasteiger partial charge in [-0.25, -0.2) is 9.78 Å². The number of nitrogens with one attached hydrogen (secondary N) is 1. The zero-order valence-electron chi connectivity index (χ0n) is 17.1. The molecule has 2 amide bonds. The highest BCUT2D eigenvalue weighted by Gasteiger charge is 2.22. The van der Waals surface area contributed by atoms with Crippen LogP contribution in [0.25, 0.3) is 0 Å². The van der Waals surface area contributed by atoms with E-state index in [0.717, 1.165) is 23.3 Å². The van der Waals surface area contributed by atoms with Crippen LogP contribution in [0.4, 0.5) is 4.79 Å². The number of rotatable bonds is 4. The van der Waals surface area contributed by atoms with Crippen LogP contribution >= 0.6 is 0 Å². The van der Waals surface area contributed by atoms with Gasteiger partial charge in [0.25, 0.3) is 0 Å². The van der Waals surface area contributed by atoms with Crippen molar-refractivity contribution >= 4 is 6.03 Å². The van der Waals surface area contributed by atoms with Gasteiger partial charge in [-0.2, -0.15) is 0 Å². The van der Waals surface area contributed by atoms with Gasteiger partial charge in [0.15, 0.2) is 0 Å². The fourth-order valence-corrected chi connectivity index (χ4v) is 3.28. The van der Waals surface area contributed by atoms with Gasteiger partial charge in [-0.05, 0) is 62.9 Å². The van der Waals surface area contributed by atoms with Crippen molar-refractivity contribution in [3.05, 3.63) is 53.2 Å². The number of ether oxygens (including phenoxy) is 2. The Hall–Kier alpha value is -2.60. The Bertz CT molecular complexity index is 824. The number of aromatic nitrogens is 1. The van der Waals surface area contributed by atoms with Crippen LogP contribution < -0.4 is 10.1 Å². The minimum absolute atomic E-state index is 0.0433. The van der Waals surface area contributed by atoms with Crippen molar-refractivity contribution in [1.82, 2.24) is 15.2 Å².